The second-order valence-electron chi connectivity index (χ2n) is 5.16. The SMILES string of the molecule is [2H]C([2H])([2H])[C@H](NS(=O)C(C)(C)C)c1cc(OC(F)(F)F)ccc1F. The Hall–Kier alpha value is -1.15. The van der Waals surface area contributed by atoms with Gasteiger partial charge in [0, 0.05) is 15.7 Å². The van der Waals surface area contributed by atoms with Crippen molar-refractivity contribution in [2.75, 3.05) is 0 Å². The van der Waals surface area contributed by atoms with Crippen molar-refractivity contribution in [3.8, 4) is 5.75 Å². The summed E-state index contributed by atoms with van der Waals surface area (Å²) in [5.74, 6) is -1.82. The molecule has 1 aromatic carbocycles. The number of rotatable bonds is 4. The van der Waals surface area contributed by atoms with Gasteiger partial charge in [-0.2, -0.15) is 0 Å². The molecule has 0 radical (unpaired) electrons. The van der Waals surface area contributed by atoms with E-state index < -0.39 is 52.1 Å². The second-order valence-corrected chi connectivity index (χ2v) is 7.16. The highest BCUT2D eigenvalue weighted by molar-refractivity contribution is 7.84. The highest BCUT2D eigenvalue weighted by Gasteiger charge is 2.31. The monoisotopic (exact) mass is 330 g/mol. The molecule has 0 fully saturated rings. The molecule has 0 saturated heterocycles. The van der Waals surface area contributed by atoms with Crippen LogP contribution < -0.4 is 9.46 Å². The van der Waals surface area contributed by atoms with Crippen LogP contribution in [-0.4, -0.2) is 15.3 Å². The maximum absolute atomic E-state index is 14.0. The normalized spacial score (nSPS) is 18.3. The minimum absolute atomic E-state index is 0.589. The van der Waals surface area contributed by atoms with Crippen molar-refractivity contribution in [1.82, 2.24) is 4.72 Å². The Bertz CT molecular complexity index is 615. The van der Waals surface area contributed by atoms with Gasteiger partial charge in [-0.3, -0.25) is 0 Å². The summed E-state index contributed by atoms with van der Waals surface area (Å²) < 4.78 is 90.5. The minimum Gasteiger partial charge on any atom is -0.406 e. The van der Waals surface area contributed by atoms with Gasteiger partial charge in [-0.05, 0) is 45.8 Å². The molecule has 120 valence electrons. The molecule has 0 aromatic heterocycles. The Morgan fingerprint density at radius 2 is 1.95 bits per heavy atom. The van der Waals surface area contributed by atoms with E-state index in [2.05, 4.69) is 9.46 Å². The molecule has 0 spiro atoms. The third kappa shape index (κ3) is 5.62. The van der Waals surface area contributed by atoms with Crippen molar-refractivity contribution in [1.29, 1.82) is 0 Å². The van der Waals surface area contributed by atoms with E-state index in [0.29, 0.717) is 12.1 Å². The van der Waals surface area contributed by atoms with Crippen LogP contribution in [0.25, 0.3) is 0 Å². The van der Waals surface area contributed by atoms with Gasteiger partial charge >= 0.3 is 6.36 Å². The van der Waals surface area contributed by atoms with Gasteiger partial charge in [-0.1, -0.05) is 0 Å². The zero-order valence-corrected chi connectivity index (χ0v) is 12.4. The van der Waals surface area contributed by atoms with Crippen LogP contribution in [0.4, 0.5) is 17.6 Å². The maximum Gasteiger partial charge on any atom is 0.573 e. The molecule has 0 saturated carbocycles. The van der Waals surface area contributed by atoms with E-state index in [-0.39, 0.29) is 0 Å². The molecular formula is C13H17F4NO2S. The number of hydrogen-bond donors (Lipinski definition) is 1. The Kier molecular flexibility index (Phi) is 4.06. The third-order valence-electron chi connectivity index (χ3n) is 2.29. The molecule has 0 aliphatic carbocycles. The quantitative estimate of drug-likeness (QED) is 0.852. The van der Waals surface area contributed by atoms with Crippen molar-refractivity contribution < 1.29 is 30.6 Å². The van der Waals surface area contributed by atoms with Gasteiger partial charge in [0.2, 0.25) is 0 Å². The van der Waals surface area contributed by atoms with Gasteiger partial charge in [0.25, 0.3) is 0 Å². The predicted molar refractivity (Wildman–Crippen MR) is 72.5 cm³/mol. The summed E-state index contributed by atoms with van der Waals surface area (Å²) in [6, 6.07) is 0.252. The average Bonchev–Trinajstić information content (AvgIpc) is 2.34. The Labute approximate surface area is 127 Å². The Morgan fingerprint density at radius 1 is 1.33 bits per heavy atom. The lowest BCUT2D eigenvalue weighted by Gasteiger charge is -2.22. The van der Waals surface area contributed by atoms with Gasteiger partial charge in [0.15, 0.2) is 0 Å². The molecular weight excluding hydrogens is 310 g/mol. The minimum atomic E-state index is -5.01. The fourth-order valence-electron chi connectivity index (χ4n) is 1.29. The van der Waals surface area contributed by atoms with E-state index >= 15 is 0 Å². The molecule has 0 aliphatic heterocycles. The molecule has 3 nitrogen and oxygen atoms in total. The van der Waals surface area contributed by atoms with Crippen LogP contribution in [0.15, 0.2) is 18.2 Å². The number of benzene rings is 1. The molecule has 1 aromatic rings. The zero-order valence-electron chi connectivity index (χ0n) is 14.5. The number of nitrogens with one attached hydrogen (secondary N) is 1. The number of ether oxygens (including phenoxy) is 1. The first-order chi connectivity index (χ1) is 10.6. The maximum atomic E-state index is 14.0. The largest absolute Gasteiger partial charge is 0.573 e. The topological polar surface area (TPSA) is 38.3 Å². The summed E-state index contributed by atoms with van der Waals surface area (Å²) in [5.41, 5.74) is -0.589. The third-order valence-corrected chi connectivity index (χ3v) is 3.86. The molecule has 1 unspecified atom stereocenters. The first-order valence-electron chi connectivity index (χ1n) is 7.34. The van der Waals surface area contributed by atoms with Crippen LogP contribution in [0, 0.1) is 5.82 Å². The second kappa shape index (κ2) is 6.31. The van der Waals surface area contributed by atoms with Crippen LogP contribution >= 0.6 is 0 Å². The van der Waals surface area contributed by atoms with Crippen molar-refractivity contribution in [2.24, 2.45) is 0 Å². The average molecular weight is 330 g/mol. The zero-order chi connectivity index (χ0) is 18.9. The molecule has 1 N–H and O–H groups in total. The van der Waals surface area contributed by atoms with Crippen LogP contribution in [-0.2, 0) is 11.0 Å². The van der Waals surface area contributed by atoms with E-state index in [1.807, 2.05) is 0 Å². The first kappa shape index (κ1) is 13.5. The molecule has 0 bridgehead atoms. The number of alkyl halides is 3. The molecule has 2 atom stereocenters. The first-order valence-corrected chi connectivity index (χ1v) is 6.99. The lowest BCUT2D eigenvalue weighted by molar-refractivity contribution is -0.274. The van der Waals surface area contributed by atoms with Crippen molar-refractivity contribution >= 4 is 11.0 Å². The van der Waals surface area contributed by atoms with Crippen molar-refractivity contribution in [3.63, 3.8) is 0 Å². The molecule has 21 heavy (non-hydrogen) atoms. The van der Waals surface area contributed by atoms with Crippen molar-refractivity contribution in [2.45, 2.75) is 44.8 Å². The lowest BCUT2D eigenvalue weighted by Crippen LogP contribution is -2.35. The van der Waals surface area contributed by atoms with Crippen LogP contribution in [0.5, 0.6) is 5.75 Å². The van der Waals surface area contributed by atoms with E-state index in [4.69, 9.17) is 4.11 Å². The summed E-state index contributed by atoms with van der Waals surface area (Å²) in [4.78, 5) is 0. The molecule has 0 amide bonds. The Balaban J connectivity index is 3.28. The predicted octanol–water partition coefficient (Wildman–Crippen LogP) is 3.84. The number of halogens is 4. The molecule has 8 heteroatoms. The van der Waals surface area contributed by atoms with E-state index in [1.165, 1.54) is 0 Å². The van der Waals surface area contributed by atoms with Crippen LogP contribution in [0.3, 0.4) is 0 Å². The summed E-state index contributed by atoms with van der Waals surface area (Å²) in [7, 11) is -1.89. The fourth-order valence-corrected chi connectivity index (χ4v) is 1.98. The van der Waals surface area contributed by atoms with E-state index in [0.717, 1.165) is 6.07 Å². The highest BCUT2D eigenvalue weighted by Crippen LogP contribution is 2.28. The van der Waals surface area contributed by atoms with E-state index in [9.17, 15) is 21.8 Å². The van der Waals surface area contributed by atoms with Crippen LogP contribution in [0.1, 0.15) is 43.3 Å². The van der Waals surface area contributed by atoms with Gasteiger partial charge < -0.3 is 4.74 Å². The Morgan fingerprint density at radius 3 is 2.43 bits per heavy atom. The molecule has 1 rings (SSSR count). The standard InChI is InChI=1S/C13H17F4NO2S/c1-8(18-21(19)12(2,3)4)10-7-9(5-6-11(10)14)20-13(15,16)17/h5-8,18H,1-4H3/t8-,21?/m0/s1/i1D3. The lowest BCUT2D eigenvalue weighted by atomic mass is 10.1. The van der Waals surface area contributed by atoms with E-state index in [1.54, 1.807) is 20.8 Å². The van der Waals surface area contributed by atoms with Crippen LogP contribution in [0.2, 0.25) is 0 Å². The number of hydrogen-bond acceptors (Lipinski definition) is 2. The van der Waals surface area contributed by atoms with Gasteiger partial charge in [0.1, 0.15) is 11.6 Å². The van der Waals surface area contributed by atoms with Gasteiger partial charge in [-0.25, -0.2) is 13.3 Å². The highest BCUT2D eigenvalue weighted by atomic mass is 32.2. The smallest absolute Gasteiger partial charge is 0.406 e. The van der Waals surface area contributed by atoms with Gasteiger partial charge in [-0.15, -0.1) is 13.2 Å². The molecule has 0 aliphatic rings. The summed E-state index contributed by atoms with van der Waals surface area (Å²) in [5, 5.41) is 0. The summed E-state index contributed by atoms with van der Waals surface area (Å²) in [6.45, 7) is 1.84. The van der Waals surface area contributed by atoms with Gasteiger partial charge in [0.05, 0.1) is 15.7 Å². The summed E-state index contributed by atoms with van der Waals surface area (Å²) >= 11 is 0. The van der Waals surface area contributed by atoms with Crippen molar-refractivity contribution in [3.05, 3.63) is 29.6 Å². The molecule has 0 heterocycles. The fraction of sp³-hybridized carbons (Fsp3) is 0.538. The summed E-state index contributed by atoms with van der Waals surface area (Å²) in [6.07, 6.45) is -5.01.